The number of nitrogens with one attached hydrogen (secondary N) is 2. The molecule has 0 saturated carbocycles. The number of nitrogens with zero attached hydrogens (tertiary/aromatic N) is 5. The topological polar surface area (TPSA) is 113 Å². The van der Waals surface area contributed by atoms with E-state index in [9.17, 15) is 9.59 Å². The highest BCUT2D eigenvalue weighted by Crippen LogP contribution is 2.38. The molecule has 2 amide bonds. The summed E-state index contributed by atoms with van der Waals surface area (Å²) < 4.78 is 0.880. The standard InChI is InChI=1S/C25H23N7O2S/c1-15-9-19(32-8-2-5-25(14-32)13-29-23(25)34)18(12-27-15)22(33)31-24-30-21-20(35-24)10-17(11-28-21)16-3-6-26-7-4-16/h3-4,6-7,9-12H,2,5,8,13-14H2,1H3,(H,29,34)(H,28,30,31,33)/t25-/m1/s1. The van der Waals surface area contributed by atoms with Crippen molar-refractivity contribution in [3.63, 3.8) is 0 Å². The van der Waals surface area contributed by atoms with Gasteiger partial charge in [-0.05, 0) is 49.6 Å². The minimum Gasteiger partial charge on any atom is -0.370 e. The fourth-order valence-electron chi connectivity index (χ4n) is 4.80. The van der Waals surface area contributed by atoms with Crippen LogP contribution in [0.15, 0.2) is 49.1 Å². The summed E-state index contributed by atoms with van der Waals surface area (Å²) in [5.41, 5.74) is 4.30. The van der Waals surface area contributed by atoms with Gasteiger partial charge in [0.25, 0.3) is 5.91 Å². The summed E-state index contributed by atoms with van der Waals surface area (Å²) in [4.78, 5) is 45.2. The van der Waals surface area contributed by atoms with E-state index in [1.165, 1.54) is 11.3 Å². The Labute approximate surface area is 205 Å². The Hall–Kier alpha value is -3.92. The molecular weight excluding hydrogens is 462 g/mol. The van der Waals surface area contributed by atoms with E-state index in [2.05, 4.69) is 35.5 Å². The van der Waals surface area contributed by atoms with E-state index in [0.29, 0.717) is 29.4 Å². The van der Waals surface area contributed by atoms with Crippen molar-refractivity contribution in [1.29, 1.82) is 0 Å². The molecule has 9 nitrogen and oxygen atoms in total. The molecule has 2 saturated heterocycles. The van der Waals surface area contributed by atoms with Crippen LogP contribution in [0.2, 0.25) is 0 Å². The number of hydrogen-bond acceptors (Lipinski definition) is 8. The number of carbonyl (C=O) groups is 2. The van der Waals surface area contributed by atoms with E-state index in [1.807, 2.05) is 31.2 Å². The Balaban J connectivity index is 1.27. The lowest BCUT2D eigenvalue weighted by molar-refractivity contribution is -0.140. The van der Waals surface area contributed by atoms with E-state index in [-0.39, 0.29) is 17.2 Å². The zero-order chi connectivity index (χ0) is 24.0. The van der Waals surface area contributed by atoms with E-state index in [4.69, 9.17) is 0 Å². The third-order valence-electron chi connectivity index (χ3n) is 6.73. The zero-order valence-corrected chi connectivity index (χ0v) is 19.9. The summed E-state index contributed by atoms with van der Waals surface area (Å²) >= 11 is 1.38. The van der Waals surface area contributed by atoms with Gasteiger partial charge < -0.3 is 10.2 Å². The molecule has 176 valence electrons. The van der Waals surface area contributed by atoms with Crippen molar-refractivity contribution in [1.82, 2.24) is 25.3 Å². The van der Waals surface area contributed by atoms with Crippen molar-refractivity contribution in [2.24, 2.45) is 5.41 Å². The summed E-state index contributed by atoms with van der Waals surface area (Å²) in [5, 5.41) is 6.29. The minimum atomic E-state index is -0.353. The maximum absolute atomic E-state index is 13.3. The van der Waals surface area contributed by atoms with Crippen LogP contribution in [0.4, 0.5) is 10.8 Å². The first-order valence-corrected chi connectivity index (χ1v) is 12.3. The second-order valence-corrected chi connectivity index (χ2v) is 10.1. The van der Waals surface area contributed by atoms with Gasteiger partial charge in [-0.15, -0.1) is 0 Å². The van der Waals surface area contributed by atoms with E-state index in [0.717, 1.165) is 46.6 Å². The van der Waals surface area contributed by atoms with Gasteiger partial charge in [0.15, 0.2) is 10.8 Å². The first-order chi connectivity index (χ1) is 17.0. The second kappa shape index (κ2) is 8.38. The minimum absolute atomic E-state index is 0.104. The molecule has 2 N–H and O–H groups in total. The van der Waals surface area contributed by atoms with Gasteiger partial charge in [-0.25, -0.2) is 4.98 Å². The highest BCUT2D eigenvalue weighted by molar-refractivity contribution is 7.22. The molecule has 6 heterocycles. The second-order valence-electron chi connectivity index (χ2n) is 9.09. The largest absolute Gasteiger partial charge is 0.370 e. The number of piperidine rings is 1. The normalized spacial score (nSPS) is 19.5. The predicted octanol–water partition coefficient (Wildman–Crippen LogP) is 3.43. The monoisotopic (exact) mass is 485 g/mol. The number of aryl methyl sites for hydroxylation is 1. The molecule has 10 heteroatoms. The van der Waals surface area contributed by atoms with E-state index in [1.54, 1.807) is 24.8 Å². The number of rotatable bonds is 4. The van der Waals surface area contributed by atoms with Crippen LogP contribution in [-0.4, -0.2) is 51.4 Å². The Morgan fingerprint density at radius 3 is 2.80 bits per heavy atom. The van der Waals surface area contributed by atoms with Gasteiger partial charge in [0.05, 0.1) is 21.4 Å². The number of thiazole rings is 1. The number of carbonyl (C=O) groups excluding carboxylic acids is 2. The van der Waals surface area contributed by atoms with Crippen LogP contribution in [0, 0.1) is 12.3 Å². The molecule has 0 unspecified atom stereocenters. The lowest BCUT2D eigenvalue weighted by Crippen LogP contribution is -2.65. The predicted molar refractivity (Wildman–Crippen MR) is 134 cm³/mol. The lowest BCUT2D eigenvalue weighted by atomic mass is 9.74. The third kappa shape index (κ3) is 3.89. The third-order valence-corrected chi connectivity index (χ3v) is 7.64. The molecule has 0 radical (unpaired) electrons. The molecule has 4 aromatic rings. The highest BCUT2D eigenvalue weighted by Gasteiger charge is 2.49. The smallest absolute Gasteiger partial charge is 0.261 e. The van der Waals surface area contributed by atoms with Gasteiger partial charge in [-0.2, -0.15) is 4.98 Å². The quantitative estimate of drug-likeness (QED) is 0.426. The molecule has 1 atom stereocenters. The van der Waals surface area contributed by atoms with Crippen molar-refractivity contribution in [3.8, 4) is 11.1 Å². The maximum Gasteiger partial charge on any atom is 0.261 e. The van der Waals surface area contributed by atoms with Crippen LogP contribution in [0.25, 0.3) is 21.5 Å². The number of fused-ring (bicyclic) bond motifs is 1. The molecule has 35 heavy (non-hydrogen) atoms. The average Bonchev–Trinajstić information content (AvgIpc) is 3.29. The molecule has 0 aromatic carbocycles. The Kier molecular flexibility index (Phi) is 5.18. The Morgan fingerprint density at radius 2 is 2.03 bits per heavy atom. The fourth-order valence-corrected chi connectivity index (χ4v) is 5.66. The molecule has 2 aliphatic rings. The van der Waals surface area contributed by atoms with Crippen molar-refractivity contribution in [2.45, 2.75) is 19.8 Å². The van der Waals surface area contributed by atoms with Gasteiger partial charge in [-0.3, -0.25) is 24.9 Å². The van der Waals surface area contributed by atoms with Crippen LogP contribution in [0.5, 0.6) is 0 Å². The Bertz CT molecular complexity index is 1450. The van der Waals surface area contributed by atoms with Gasteiger partial charge in [0.2, 0.25) is 5.91 Å². The first-order valence-electron chi connectivity index (χ1n) is 11.5. The number of hydrogen-bond donors (Lipinski definition) is 2. The lowest BCUT2D eigenvalue weighted by Gasteiger charge is -2.48. The van der Waals surface area contributed by atoms with Crippen LogP contribution in [0.3, 0.4) is 0 Å². The molecule has 0 aliphatic carbocycles. The number of amides is 2. The summed E-state index contributed by atoms with van der Waals surface area (Å²) in [7, 11) is 0. The molecule has 4 aromatic heterocycles. The van der Waals surface area contributed by atoms with Gasteiger partial charge >= 0.3 is 0 Å². The molecular formula is C25H23N7O2S. The van der Waals surface area contributed by atoms with E-state index < -0.39 is 0 Å². The number of anilines is 2. The maximum atomic E-state index is 13.3. The van der Waals surface area contributed by atoms with Crippen molar-refractivity contribution >= 4 is 44.3 Å². The van der Waals surface area contributed by atoms with E-state index >= 15 is 0 Å². The average molecular weight is 486 g/mol. The number of pyridine rings is 3. The van der Waals surface area contributed by atoms with Crippen LogP contribution < -0.4 is 15.5 Å². The van der Waals surface area contributed by atoms with Gasteiger partial charge in [-0.1, -0.05) is 11.3 Å². The van der Waals surface area contributed by atoms with Crippen LogP contribution in [0.1, 0.15) is 28.9 Å². The summed E-state index contributed by atoms with van der Waals surface area (Å²) in [6, 6.07) is 7.79. The summed E-state index contributed by atoms with van der Waals surface area (Å²) in [6.07, 6.45) is 8.64. The molecule has 2 fully saturated rings. The number of β-lactam (4-membered cyclic amide) rings is 1. The zero-order valence-electron chi connectivity index (χ0n) is 19.1. The summed E-state index contributed by atoms with van der Waals surface area (Å²) in [6.45, 7) is 3.99. The van der Waals surface area contributed by atoms with Crippen LogP contribution in [-0.2, 0) is 4.79 Å². The number of aromatic nitrogens is 4. The molecule has 2 aliphatic heterocycles. The molecule has 0 bridgehead atoms. The first kappa shape index (κ1) is 21.6. The van der Waals surface area contributed by atoms with Crippen LogP contribution >= 0.6 is 11.3 Å². The highest BCUT2D eigenvalue weighted by atomic mass is 32.1. The molecule has 1 spiro atoms. The van der Waals surface area contributed by atoms with Gasteiger partial charge in [0.1, 0.15) is 0 Å². The Morgan fingerprint density at radius 1 is 1.17 bits per heavy atom. The van der Waals surface area contributed by atoms with Crippen molar-refractivity contribution in [2.75, 3.05) is 29.9 Å². The SMILES string of the molecule is Cc1cc(N2CCC[C@@]3(CNC3=O)C2)c(C(=O)Nc2nc3ncc(-c4ccncc4)cc3s2)cn1. The molecule has 6 rings (SSSR count). The van der Waals surface area contributed by atoms with Crippen molar-refractivity contribution < 1.29 is 9.59 Å². The van der Waals surface area contributed by atoms with Gasteiger partial charge in [0, 0.05) is 55.7 Å². The van der Waals surface area contributed by atoms with Crippen molar-refractivity contribution in [3.05, 3.63) is 60.3 Å². The fraction of sp³-hybridized carbons (Fsp3) is 0.280. The summed E-state index contributed by atoms with van der Waals surface area (Å²) in [5.74, 6) is -0.175.